The van der Waals surface area contributed by atoms with Gasteiger partial charge in [-0.05, 0) is 28.8 Å². The summed E-state index contributed by atoms with van der Waals surface area (Å²) in [5.41, 5.74) is 7.00. The second kappa shape index (κ2) is 4.00. The van der Waals surface area contributed by atoms with E-state index in [1.807, 2.05) is 17.7 Å². The Bertz CT molecular complexity index is 249. The van der Waals surface area contributed by atoms with Gasteiger partial charge in [-0.15, -0.1) is 0 Å². The van der Waals surface area contributed by atoms with E-state index < -0.39 is 12.2 Å². The molecule has 1 rings (SSSR count). The zero-order chi connectivity index (χ0) is 9.14. The number of nitrogens with two attached hydrogens (primary N) is 1. The number of aryl methyl sites for hydroxylation is 1. The summed E-state index contributed by atoms with van der Waals surface area (Å²) in [6.45, 7) is 1.98. The monoisotopic (exact) mass is 187 g/mol. The van der Waals surface area contributed by atoms with Crippen LogP contribution in [0, 0.1) is 6.92 Å². The average Bonchev–Trinajstić information content (AvgIpc) is 2.48. The summed E-state index contributed by atoms with van der Waals surface area (Å²) in [7, 11) is 0. The Morgan fingerprint density at radius 3 is 2.58 bits per heavy atom. The smallest absolute Gasteiger partial charge is 0.107 e. The van der Waals surface area contributed by atoms with Crippen molar-refractivity contribution < 1.29 is 10.2 Å². The first-order valence-corrected chi connectivity index (χ1v) is 4.70. The largest absolute Gasteiger partial charge is 0.389 e. The van der Waals surface area contributed by atoms with Gasteiger partial charge in [0.2, 0.25) is 0 Å². The third kappa shape index (κ3) is 1.84. The fourth-order valence-corrected chi connectivity index (χ4v) is 1.89. The first-order chi connectivity index (χ1) is 5.66. The van der Waals surface area contributed by atoms with Crippen molar-refractivity contribution in [2.24, 2.45) is 5.73 Å². The minimum atomic E-state index is -0.863. The van der Waals surface area contributed by atoms with Crippen LogP contribution in [-0.2, 0) is 0 Å². The topological polar surface area (TPSA) is 66.5 Å². The number of hydrogen-bond acceptors (Lipinski definition) is 4. The van der Waals surface area contributed by atoms with Gasteiger partial charge in [0, 0.05) is 6.54 Å². The highest BCUT2D eigenvalue weighted by Crippen LogP contribution is 2.23. The van der Waals surface area contributed by atoms with Crippen molar-refractivity contribution in [2.45, 2.75) is 19.1 Å². The van der Waals surface area contributed by atoms with E-state index >= 15 is 0 Å². The van der Waals surface area contributed by atoms with Crippen LogP contribution in [0.2, 0.25) is 0 Å². The SMILES string of the molecule is Cc1cscc1C(O)C(O)CN. The van der Waals surface area contributed by atoms with Gasteiger partial charge in [-0.1, -0.05) is 0 Å². The van der Waals surface area contributed by atoms with Crippen LogP contribution in [0.1, 0.15) is 17.2 Å². The quantitative estimate of drug-likeness (QED) is 0.642. The van der Waals surface area contributed by atoms with Gasteiger partial charge in [-0.2, -0.15) is 11.3 Å². The average molecular weight is 187 g/mol. The van der Waals surface area contributed by atoms with Crippen LogP contribution in [-0.4, -0.2) is 22.9 Å². The lowest BCUT2D eigenvalue weighted by atomic mass is 10.0. The molecular weight excluding hydrogens is 174 g/mol. The molecule has 1 heterocycles. The van der Waals surface area contributed by atoms with E-state index in [-0.39, 0.29) is 6.54 Å². The van der Waals surface area contributed by atoms with Gasteiger partial charge in [-0.25, -0.2) is 0 Å². The molecule has 4 N–H and O–H groups in total. The van der Waals surface area contributed by atoms with Crippen LogP contribution < -0.4 is 5.73 Å². The standard InChI is InChI=1S/C8H13NO2S/c1-5-3-12-4-6(5)8(11)7(10)2-9/h3-4,7-8,10-11H,2,9H2,1H3. The van der Waals surface area contributed by atoms with Crippen LogP contribution in [0.4, 0.5) is 0 Å². The number of aliphatic hydroxyl groups is 2. The first kappa shape index (κ1) is 9.67. The Kier molecular flexibility index (Phi) is 3.22. The van der Waals surface area contributed by atoms with E-state index in [0.29, 0.717) is 0 Å². The Labute approximate surface area is 75.5 Å². The van der Waals surface area contributed by atoms with E-state index in [2.05, 4.69) is 0 Å². The molecule has 3 nitrogen and oxygen atoms in total. The van der Waals surface area contributed by atoms with Gasteiger partial charge in [0.25, 0.3) is 0 Å². The molecule has 1 aromatic rings. The maximum absolute atomic E-state index is 9.54. The van der Waals surface area contributed by atoms with E-state index in [1.165, 1.54) is 11.3 Å². The predicted molar refractivity (Wildman–Crippen MR) is 49.1 cm³/mol. The molecular formula is C8H13NO2S. The lowest BCUT2D eigenvalue weighted by molar-refractivity contribution is 0.0242. The Hall–Kier alpha value is -0.420. The van der Waals surface area contributed by atoms with Gasteiger partial charge in [0.05, 0.1) is 6.10 Å². The highest BCUT2D eigenvalue weighted by atomic mass is 32.1. The van der Waals surface area contributed by atoms with Crippen molar-refractivity contribution in [3.8, 4) is 0 Å². The molecule has 12 heavy (non-hydrogen) atoms. The van der Waals surface area contributed by atoms with Crippen molar-refractivity contribution in [1.82, 2.24) is 0 Å². The minimum Gasteiger partial charge on any atom is -0.389 e. The van der Waals surface area contributed by atoms with E-state index in [0.717, 1.165) is 11.1 Å². The number of hydrogen-bond donors (Lipinski definition) is 3. The summed E-state index contributed by atoms with van der Waals surface area (Å²) in [5, 5.41) is 22.6. The number of thiophene rings is 1. The molecule has 0 saturated heterocycles. The maximum Gasteiger partial charge on any atom is 0.107 e. The highest BCUT2D eigenvalue weighted by Gasteiger charge is 2.18. The first-order valence-electron chi connectivity index (χ1n) is 3.75. The summed E-state index contributed by atoms with van der Waals surface area (Å²) in [6.07, 6.45) is -1.71. The maximum atomic E-state index is 9.54. The van der Waals surface area contributed by atoms with Crippen LogP contribution in [0.25, 0.3) is 0 Å². The lowest BCUT2D eigenvalue weighted by Gasteiger charge is -2.15. The van der Waals surface area contributed by atoms with Gasteiger partial charge in [-0.3, -0.25) is 0 Å². The molecule has 0 aliphatic carbocycles. The molecule has 2 unspecified atom stereocenters. The van der Waals surface area contributed by atoms with Crippen molar-refractivity contribution in [3.63, 3.8) is 0 Å². The molecule has 0 radical (unpaired) electrons. The third-order valence-corrected chi connectivity index (χ3v) is 2.70. The Morgan fingerprint density at radius 2 is 2.17 bits per heavy atom. The fourth-order valence-electron chi connectivity index (χ4n) is 1.01. The zero-order valence-corrected chi connectivity index (χ0v) is 7.71. The molecule has 0 aliphatic heterocycles. The second-order valence-electron chi connectivity index (χ2n) is 2.76. The lowest BCUT2D eigenvalue weighted by Crippen LogP contribution is -2.27. The van der Waals surface area contributed by atoms with E-state index in [9.17, 15) is 10.2 Å². The second-order valence-corrected chi connectivity index (χ2v) is 3.50. The molecule has 1 aromatic heterocycles. The van der Waals surface area contributed by atoms with Gasteiger partial charge in [0.1, 0.15) is 6.10 Å². The van der Waals surface area contributed by atoms with Crippen LogP contribution in [0.15, 0.2) is 10.8 Å². The molecule has 68 valence electrons. The molecule has 4 heteroatoms. The molecule has 0 spiro atoms. The Morgan fingerprint density at radius 1 is 1.50 bits per heavy atom. The summed E-state index contributed by atoms with van der Waals surface area (Å²) in [4.78, 5) is 0. The summed E-state index contributed by atoms with van der Waals surface area (Å²) < 4.78 is 0. The number of rotatable bonds is 3. The van der Waals surface area contributed by atoms with Crippen molar-refractivity contribution in [1.29, 1.82) is 0 Å². The summed E-state index contributed by atoms with van der Waals surface area (Å²) in [5.74, 6) is 0. The highest BCUT2D eigenvalue weighted by molar-refractivity contribution is 7.08. The van der Waals surface area contributed by atoms with Crippen LogP contribution >= 0.6 is 11.3 Å². The normalized spacial score (nSPS) is 16.0. The van der Waals surface area contributed by atoms with Crippen molar-refractivity contribution >= 4 is 11.3 Å². The third-order valence-electron chi connectivity index (χ3n) is 1.82. The minimum absolute atomic E-state index is 0.0798. The van der Waals surface area contributed by atoms with Gasteiger partial charge >= 0.3 is 0 Å². The van der Waals surface area contributed by atoms with Crippen molar-refractivity contribution in [3.05, 3.63) is 21.9 Å². The molecule has 2 atom stereocenters. The summed E-state index contributed by atoms with van der Waals surface area (Å²) >= 11 is 1.51. The molecule has 0 bridgehead atoms. The van der Waals surface area contributed by atoms with E-state index in [1.54, 1.807) is 0 Å². The van der Waals surface area contributed by atoms with Crippen LogP contribution in [0.5, 0.6) is 0 Å². The van der Waals surface area contributed by atoms with Crippen LogP contribution in [0.3, 0.4) is 0 Å². The van der Waals surface area contributed by atoms with Gasteiger partial charge in [0.15, 0.2) is 0 Å². The van der Waals surface area contributed by atoms with E-state index in [4.69, 9.17) is 5.73 Å². The predicted octanol–water partition coefficient (Wildman–Crippen LogP) is 0.410. The van der Waals surface area contributed by atoms with Gasteiger partial charge < -0.3 is 15.9 Å². The summed E-state index contributed by atoms with van der Waals surface area (Å²) in [6, 6.07) is 0. The number of aliphatic hydroxyl groups excluding tert-OH is 2. The molecule has 0 saturated carbocycles. The van der Waals surface area contributed by atoms with Crippen molar-refractivity contribution in [2.75, 3.05) is 6.54 Å². The molecule has 0 aromatic carbocycles. The molecule has 0 amide bonds. The molecule has 0 fully saturated rings. The zero-order valence-electron chi connectivity index (χ0n) is 6.90. The fraction of sp³-hybridized carbons (Fsp3) is 0.500. The Balaban J connectivity index is 2.77. The molecule has 0 aliphatic rings.